The highest BCUT2D eigenvalue weighted by Crippen LogP contribution is 2.30. The van der Waals surface area contributed by atoms with E-state index in [9.17, 15) is 14.0 Å². The third-order valence-corrected chi connectivity index (χ3v) is 5.71. The van der Waals surface area contributed by atoms with E-state index in [1.807, 2.05) is 4.90 Å². The molecule has 2 heterocycles. The quantitative estimate of drug-likeness (QED) is 0.682. The number of aromatic nitrogens is 2. The van der Waals surface area contributed by atoms with Crippen LogP contribution in [0.25, 0.3) is 10.9 Å². The van der Waals surface area contributed by atoms with Crippen LogP contribution in [0.3, 0.4) is 0 Å². The van der Waals surface area contributed by atoms with Gasteiger partial charge in [-0.15, -0.1) is 0 Å². The molecule has 1 amide bonds. The molecule has 8 nitrogen and oxygen atoms in total. The van der Waals surface area contributed by atoms with Gasteiger partial charge in [-0.3, -0.25) is 14.6 Å². The van der Waals surface area contributed by atoms with Crippen molar-refractivity contribution in [2.24, 2.45) is 11.8 Å². The van der Waals surface area contributed by atoms with Gasteiger partial charge in [-0.1, -0.05) is 0 Å². The van der Waals surface area contributed by atoms with Crippen molar-refractivity contribution in [3.8, 4) is 5.75 Å². The van der Waals surface area contributed by atoms with E-state index < -0.39 is 11.4 Å². The summed E-state index contributed by atoms with van der Waals surface area (Å²) in [5.74, 6) is 0.970. The number of H-pyrrole nitrogens is 1. The molecule has 1 saturated carbocycles. The van der Waals surface area contributed by atoms with Crippen LogP contribution in [0.4, 0.5) is 10.3 Å². The zero-order chi connectivity index (χ0) is 21.1. The van der Waals surface area contributed by atoms with E-state index in [-0.39, 0.29) is 23.4 Å². The number of nitrogens with zero attached hydrogens (tertiary/aromatic N) is 2. The van der Waals surface area contributed by atoms with Gasteiger partial charge in [0.05, 0.1) is 12.1 Å². The fourth-order valence-corrected chi connectivity index (χ4v) is 3.71. The summed E-state index contributed by atoms with van der Waals surface area (Å²) in [6.45, 7) is 2.65. The number of aromatic amines is 1. The van der Waals surface area contributed by atoms with E-state index in [1.54, 1.807) is 6.07 Å². The summed E-state index contributed by atoms with van der Waals surface area (Å²) in [6.07, 6.45) is 3.99. The minimum Gasteiger partial charge on any atom is -0.493 e. The number of hydrogen-bond donors (Lipinski definition) is 2. The van der Waals surface area contributed by atoms with Gasteiger partial charge in [-0.25, -0.2) is 9.37 Å². The molecular weight excluding hydrogens is 391 g/mol. The standard InChI is InChI=1S/C21H27FN4O4/c1-29-12-18(27)26-6-4-13(5-7-26)10-23-21-24-17-9-15(30-11-14-2-3-14)8-16(22)19(17)20(28)25-21/h8-9,13-14H,2-7,10-12H2,1H3,(H2,23,24,25,28). The highest BCUT2D eigenvalue weighted by Gasteiger charge is 2.23. The SMILES string of the molecule is COCC(=O)N1CCC(CNc2nc3cc(OCC4CC4)cc(F)c3c(=O)[nH]2)CC1. The van der Waals surface area contributed by atoms with E-state index in [0.29, 0.717) is 49.8 Å². The first kappa shape index (κ1) is 20.6. The Balaban J connectivity index is 1.39. The molecule has 1 aliphatic heterocycles. The minimum absolute atomic E-state index is 0.00571. The fourth-order valence-electron chi connectivity index (χ4n) is 3.71. The molecule has 1 aromatic heterocycles. The fraction of sp³-hybridized carbons (Fsp3) is 0.571. The predicted molar refractivity (Wildman–Crippen MR) is 110 cm³/mol. The van der Waals surface area contributed by atoms with Crippen LogP contribution in [-0.4, -0.2) is 60.7 Å². The van der Waals surface area contributed by atoms with Crippen molar-refractivity contribution in [2.45, 2.75) is 25.7 Å². The molecule has 9 heteroatoms. The molecule has 2 aromatic rings. The Morgan fingerprint density at radius 2 is 2.03 bits per heavy atom. The van der Waals surface area contributed by atoms with Crippen molar-refractivity contribution in [1.82, 2.24) is 14.9 Å². The summed E-state index contributed by atoms with van der Waals surface area (Å²) in [7, 11) is 1.51. The second-order valence-electron chi connectivity index (χ2n) is 8.11. The molecule has 2 aliphatic rings. The number of carbonyl (C=O) groups excluding carboxylic acids is 1. The van der Waals surface area contributed by atoms with Crippen molar-refractivity contribution < 1.29 is 18.7 Å². The van der Waals surface area contributed by atoms with E-state index in [0.717, 1.165) is 25.7 Å². The van der Waals surface area contributed by atoms with Crippen LogP contribution in [0.5, 0.6) is 5.75 Å². The summed E-state index contributed by atoms with van der Waals surface area (Å²) in [5.41, 5.74) is -0.249. The number of likely N-dealkylation sites (tertiary alicyclic amines) is 1. The third-order valence-electron chi connectivity index (χ3n) is 5.71. The Labute approximate surface area is 173 Å². The summed E-state index contributed by atoms with van der Waals surface area (Å²) in [5, 5.41) is 3.09. The molecule has 0 spiro atoms. The van der Waals surface area contributed by atoms with Gasteiger partial charge >= 0.3 is 0 Å². The Bertz CT molecular complexity index is 967. The van der Waals surface area contributed by atoms with Crippen LogP contribution < -0.4 is 15.6 Å². The Morgan fingerprint density at radius 1 is 1.27 bits per heavy atom. The first-order valence-corrected chi connectivity index (χ1v) is 10.4. The number of benzene rings is 1. The maximum absolute atomic E-state index is 14.4. The van der Waals surface area contributed by atoms with Crippen LogP contribution in [0, 0.1) is 17.7 Å². The topological polar surface area (TPSA) is 96.5 Å². The van der Waals surface area contributed by atoms with Crippen molar-refractivity contribution in [3.05, 3.63) is 28.3 Å². The second-order valence-corrected chi connectivity index (χ2v) is 8.11. The molecule has 1 saturated heterocycles. The Morgan fingerprint density at radius 3 is 2.73 bits per heavy atom. The summed E-state index contributed by atoms with van der Waals surface area (Å²) in [4.78, 5) is 33.1. The summed E-state index contributed by atoms with van der Waals surface area (Å²) < 4.78 is 25.0. The van der Waals surface area contributed by atoms with Gasteiger partial charge in [0.15, 0.2) is 0 Å². The van der Waals surface area contributed by atoms with Gasteiger partial charge in [0, 0.05) is 38.9 Å². The number of halogens is 1. The van der Waals surface area contributed by atoms with Gasteiger partial charge < -0.3 is 19.7 Å². The number of hydrogen-bond acceptors (Lipinski definition) is 6. The molecule has 2 fully saturated rings. The van der Waals surface area contributed by atoms with E-state index >= 15 is 0 Å². The monoisotopic (exact) mass is 418 g/mol. The first-order chi connectivity index (χ1) is 14.5. The molecule has 0 bridgehead atoms. The number of anilines is 1. The third kappa shape index (κ3) is 4.89. The molecule has 2 N–H and O–H groups in total. The number of carbonyl (C=O) groups is 1. The normalized spacial score (nSPS) is 17.3. The number of amides is 1. The number of nitrogens with one attached hydrogen (secondary N) is 2. The lowest BCUT2D eigenvalue weighted by Crippen LogP contribution is -2.41. The zero-order valence-electron chi connectivity index (χ0n) is 17.1. The highest BCUT2D eigenvalue weighted by molar-refractivity contribution is 5.80. The maximum Gasteiger partial charge on any atom is 0.263 e. The van der Waals surface area contributed by atoms with Crippen LogP contribution in [-0.2, 0) is 9.53 Å². The molecule has 1 aliphatic carbocycles. The van der Waals surface area contributed by atoms with Crippen molar-refractivity contribution >= 4 is 22.8 Å². The molecule has 1 aromatic carbocycles. The van der Waals surface area contributed by atoms with Crippen LogP contribution in [0.1, 0.15) is 25.7 Å². The minimum atomic E-state index is -0.633. The summed E-state index contributed by atoms with van der Waals surface area (Å²) in [6, 6.07) is 2.86. The molecule has 0 unspecified atom stereocenters. The maximum atomic E-state index is 14.4. The number of ether oxygens (including phenoxy) is 2. The zero-order valence-corrected chi connectivity index (χ0v) is 17.1. The van der Waals surface area contributed by atoms with Gasteiger partial charge in [-0.05, 0) is 37.5 Å². The Kier molecular flexibility index (Phi) is 6.17. The molecule has 162 valence electrons. The predicted octanol–water partition coefficient (Wildman–Crippen LogP) is 2.15. The summed E-state index contributed by atoms with van der Waals surface area (Å²) >= 11 is 0. The number of methoxy groups -OCH3 is 1. The lowest BCUT2D eigenvalue weighted by molar-refractivity contribution is -0.136. The lowest BCUT2D eigenvalue weighted by Gasteiger charge is -2.32. The average Bonchev–Trinajstić information content (AvgIpc) is 3.55. The van der Waals surface area contributed by atoms with Crippen molar-refractivity contribution in [3.63, 3.8) is 0 Å². The number of fused-ring (bicyclic) bond motifs is 1. The van der Waals surface area contributed by atoms with E-state index in [2.05, 4.69) is 15.3 Å². The smallest absolute Gasteiger partial charge is 0.263 e. The number of rotatable bonds is 8. The van der Waals surface area contributed by atoms with Crippen LogP contribution in [0.2, 0.25) is 0 Å². The number of piperidine rings is 1. The van der Waals surface area contributed by atoms with Crippen molar-refractivity contribution in [2.75, 3.05) is 45.3 Å². The van der Waals surface area contributed by atoms with Gasteiger partial charge in [0.25, 0.3) is 5.56 Å². The molecule has 0 atom stereocenters. The molecule has 4 rings (SSSR count). The lowest BCUT2D eigenvalue weighted by atomic mass is 9.97. The second kappa shape index (κ2) is 8.99. The average molecular weight is 418 g/mol. The van der Waals surface area contributed by atoms with Crippen LogP contribution >= 0.6 is 0 Å². The largest absolute Gasteiger partial charge is 0.493 e. The van der Waals surface area contributed by atoms with Crippen molar-refractivity contribution in [1.29, 1.82) is 0 Å². The Hall–Kier alpha value is -2.68. The van der Waals surface area contributed by atoms with E-state index in [4.69, 9.17) is 9.47 Å². The van der Waals surface area contributed by atoms with Gasteiger partial charge in [0.1, 0.15) is 23.6 Å². The first-order valence-electron chi connectivity index (χ1n) is 10.4. The van der Waals surface area contributed by atoms with E-state index in [1.165, 1.54) is 13.2 Å². The van der Waals surface area contributed by atoms with Gasteiger partial charge in [0.2, 0.25) is 11.9 Å². The van der Waals surface area contributed by atoms with Gasteiger partial charge in [-0.2, -0.15) is 0 Å². The molecule has 0 radical (unpaired) electrons. The highest BCUT2D eigenvalue weighted by atomic mass is 19.1. The molecular formula is C21H27FN4O4. The van der Waals surface area contributed by atoms with Crippen LogP contribution in [0.15, 0.2) is 16.9 Å². The molecule has 30 heavy (non-hydrogen) atoms.